The largest absolute Gasteiger partial charge is 0.348 e. The lowest BCUT2D eigenvalue weighted by Crippen LogP contribution is -2.32. The minimum absolute atomic E-state index is 0.000337. The lowest BCUT2D eigenvalue weighted by atomic mass is 10.2. The van der Waals surface area contributed by atoms with Crippen LogP contribution in [0.1, 0.15) is 28.8 Å². The summed E-state index contributed by atoms with van der Waals surface area (Å²) in [6, 6.07) is 18.8. The number of hydrogen-bond acceptors (Lipinski definition) is 5. The molecule has 32 heavy (non-hydrogen) atoms. The topological polar surface area (TPSA) is 110 Å². The van der Waals surface area contributed by atoms with Gasteiger partial charge in [-0.3, -0.25) is 9.59 Å². The number of nitrogens with one attached hydrogen (secondary N) is 1. The van der Waals surface area contributed by atoms with Crippen LogP contribution in [-0.2, 0) is 27.9 Å². The van der Waals surface area contributed by atoms with Crippen LogP contribution in [0.3, 0.4) is 0 Å². The maximum atomic E-state index is 12.7. The molecule has 0 aliphatic heterocycles. The molecule has 0 atom stereocenters. The van der Waals surface area contributed by atoms with Crippen molar-refractivity contribution in [3.63, 3.8) is 0 Å². The van der Waals surface area contributed by atoms with Crippen LogP contribution in [0.2, 0.25) is 0 Å². The lowest BCUT2D eigenvalue weighted by Gasteiger charge is -2.10. The van der Waals surface area contributed by atoms with Crippen LogP contribution in [-0.4, -0.2) is 19.4 Å². The molecule has 1 heterocycles. The Balaban J connectivity index is 1.55. The number of nitrogens with two attached hydrogens (primary N) is 1. The maximum absolute atomic E-state index is 12.7. The van der Waals surface area contributed by atoms with Crippen molar-refractivity contribution >= 4 is 32.8 Å². The summed E-state index contributed by atoms with van der Waals surface area (Å²) in [6.07, 6.45) is 5.03. The summed E-state index contributed by atoms with van der Waals surface area (Å²) in [4.78, 5) is 25.7. The van der Waals surface area contributed by atoms with E-state index < -0.39 is 10.0 Å². The van der Waals surface area contributed by atoms with Gasteiger partial charge in [-0.1, -0.05) is 42.1 Å². The smallest absolute Gasteiger partial charge is 0.252 e. The zero-order chi connectivity index (χ0) is 23.0. The van der Waals surface area contributed by atoms with Crippen LogP contribution in [0.5, 0.6) is 0 Å². The number of aryl methyl sites for hydroxylation is 1. The Kier molecular flexibility index (Phi) is 8.15. The zero-order valence-corrected chi connectivity index (χ0v) is 18.9. The minimum atomic E-state index is -3.76. The van der Waals surface area contributed by atoms with Gasteiger partial charge in [-0.15, -0.1) is 0 Å². The van der Waals surface area contributed by atoms with Gasteiger partial charge in [0.05, 0.1) is 10.5 Å². The third-order valence-electron chi connectivity index (χ3n) is 4.63. The van der Waals surface area contributed by atoms with E-state index in [2.05, 4.69) is 5.32 Å². The lowest BCUT2D eigenvalue weighted by molar-refractivity contribution is -0.697. The molecule has 0 saturated heterocycles. The monoisotopic (exact) mass is 470 g/mol. The summed E-state index contributed by atoms with van der Waals surface area (Å²) >= 11 is 1.07. The zero-order valence-electron chi connectivity index (χ0n) is 17.3. The van der Waals surface area contributed by atoms with Crippen molar-refractivity contribution in [3.8, 4) is 0 Å². The van der Waals surface area contributed by atoms with E-state index in [1.165, 1.54) is 12.1 Å². The highest BCUT2D eigenvalue weighted by Gasteiger charge is 2.15. The number of amides is 1. The van der Waals surface area contributed by atoms with Crippen LogP contribution < -0.4 is 15.0 Å². The van der Waals surface area contributed by atoms with Crippen molar-refractivity contribution in [2.45, 2.75) is 35.7 Å². The molecule has 3 N–H and O–H groups in total. The molecule has 1 amide bonds. The number of aromatic nitrogens is 1. The third-order valence-corrected chi connectivity index (χ3v) is 6.57. The molecular weight excluding hydrogens is 446 g/mol. The molecular formula is C23H24N3O4S2+. The first-order valence-electron chi connectivity index (χ1n) is 9.96. The maximum Gasteiger partial charge on any atom is 0.252 e. The van der Waals surface area contributed by atoms with Gasteiger partial charge in [0, 0.05) is 36.4 Å². The number of nitrogens with zero attached hydrogens (tertiary/aromatic N) is 1. The second-order valence-electron chi connectivity index (χ2n) is 7.06. The van der Waals surface area contributed by atoms with Crippen molar-refractivity contribution in [2.24, 2.45) is 5.14 Å². The average Bonchev–Trinajstić information content (AvgIpc) is 2.78. The number of rotatable bonds is 9. The van der Waals surface area contributed by atoms with E-state index in [4.69, 9.17) is 5.14 Å². The van der Waals surface area contributed by atoms with Crippen molar-refractivity contribution in [1.82, 2.24) is 5.32 Å². The minimum Gasteiger partial charge on any atom is -0.348 e. The van der Waals surface area contributed by atoms with E-state index in [0.717, 1.165) is 23.9 Å². The molecule has 2 aromatic carbocycles. The third kappa shape index (κ3) is 7.01. The van der Waals surface area contributed by atoms with Crippen LogP contribution in [0.25, 0.3) is 0 Å². The van der Waals surface area contributed by atoms with E-state index >= 15 is 0 Å². The summed E-state index contributed by atoms with van der Waals surface area (Å²) in [6.45, 7) is 0.963. The average molecular weight is 471 g/mol. The Labute approximate surface area is 191 Å². The van der Waals surface area contributed by atoms with E-state index in [9.17, 15) is 18.0 Å². The van der Waals surface area contributed by atoms with Crippen molar-refractivity contribution in [1.29, 1.82) is 0 Å². The predicted octanol–water partition coefficient (Wildman–Crippen LogP) is 2.65. The molecule has 3 rings (SSSR count). The molecule has 0 unspecified atom stereocenters. The van der Waals surface area contributed by atoms with Crippen LogP contribution in [0.15, 0.2) is 88.9 Å². The van der Waals surface area contributed by atoms with Gasteiger partial charge in [-0.2, -0.15) is 0 Å². The highest BCUT2D eigenvalue weighted by Crippen LogP contribution is 2.25. The molecule has 0 fully saturated rings. The predicted molar refractivity (Wildman–Crippen MR) is 122 cm³/mol. The Bertz CT molecular complexity index is 1180. The Morgan fingerprint density at radius 2 is 1.62 bits per heavy atom. The van der Waals surface area contributed by atoms with Gasteiger partial charge in [0.2, 0.25) is 10.0 Å². The molecule has 0 bridgehead atoms. The Hall–Kier alpha value is -3.01. The second kappa shape index (κ2) is 11.0. The molecule has 9 heteroatoms. The van der Waals surface area contributed by atoms with E-state index in [0.29, 0.717) is 23.3 Å². The standard InChI is InChI=1S/C23H23N3O4S2/c24-32(29,30)19-12-10-18(11-13-19)17-25-23(28)20-7-2-3-8-21(20)31-22(27)9-6-16-26-14-4-1-5-15-26/h1-5,7-8,10-15H,6,9,16-17H2,(H2-,24,25,28,29,30)/p+1. The van der Waals surface area contributed by atoms with Gasteiger partial charge in [0.1, 0.15) is 6.54 Å². The van der Waals surface area contributed by atoms with Crippen LogP contribution in [0, 0.1) is 0 Å². The number of thioether (sulfide) groups is 1. The van der Waals surface area contributed by atoms with Gasteiger partial charge < -0.3 is 5.32 Å². The number of carbonyl (C=O) groups is 2. The molecule has 0 aliphatic rings. The highest BCUT2D eigenvalue weighted by molar-refractivity contribution is 8.13. The quantitative estimate of drug-likeness (QED) is 0.369. The van der Waals surface area contributed by atoms with Crippen molar-refractivity contribution in [3.05, 3.63) is 90.3 Å². The number of carbonyl (C=O) groups excluding carboxylic acids is 2. The summed E-state index contributed by atoms with van der Waals surface area (Å²) < 4.78 is 24.7. The van der Waals surface area contributed by atoms with Crippen molar-refractivity contribution in [2.75, 3.05) is 0 Å². The van der Waals surface area contributed by atoms with E-state index in [1.54, 1.807) is 36.4 Å². The summed E-state index contributed by atoms with van der Waals surface area (Å²) in [5.41, 5.74) is 1.15. The molecule has 7 nitrogen and oxygen atoms in total. The van der Waals surface area contributed by atoms with Crippen LogP contribution in [0.4, 0.5) is 0 Å². The number of primary sulfonamides is 1. The Morgan fingerprint density at radius 3 is 2.31 bits per heavy atom. The van der Waals surface area contributed by atoms with Gasteiger partial charge in [-0.05, 0) is 29.8 Å². The number of pyridine rings is 1. The number of hydrogen-bond donors (Lipinski definition) is 2. The van der Waals surface area contributed by atoms with Gasteiger partial charge in [0.25, 0.3) is 5.91 Å². The molecule has 3 aromatic rings. The van der Waals surface area contributed by atoms with Gasteiger partial charge >= 0.3 is 0 Å². The summed E-state index contributed by atoms with van der Waals surface area (Å²) in [7, 11) is -3.76. The summed E-state index contributed by atoms with van der Waals surface area (Å²) in [5.74, 6) is -0.309. The fourth-order valence-corrected chi connectivity index (χ4v) is 4.41. The van der Waals surface area contributed by atoms with E-state index in [-0.39, 0.29) is 22.5 Å². The SMILES string of the molecule is NS(=O)(=O)c1ccc(CNC(=O)c2ccccc2SC(=O)CCC[n+]2ccccc2)cc1. The number of benzene rings is 2. The summed E-state index contributed by atoms with van der Waals surface area (Å²) in [5, 5.41) is 7.90. The normalized spacial score (nSPS) is 11.2. The second-order valence-corrected chi connectivity index (χ2v) is 9.72. The molecule has 0 aliphatic carbocycles. The van der Waals surface area contributed by atoms with Gasteiger partial charge in [0.15, 0.2) is 17.5 Å². The molecule has 0 spiro atoms. The first-order valence-corrected chi connectivity index (χ1v) is 12.3. The highest BCUT2D eigenvalue weighted by atomic mass is 32.2. The number of sulfonamides is 1. The molecule has 166 valence electrons. The molecule has 0 radical (unpaired) electrons. The molecule has 1 aromatic heterocycles. The fourth-order valence-electron chi connectivity index (χ4n) is 2.98. The Morgan fingerprint density at radius 1 is 0.938 bits per heavy atom. The fraction of sp³-hybridized carbons (Fsp3) is 0.174. The van der Waals surface area contributed by atoms with Crippen LogP contribution >= 0.6 is 11.8 Å². The first-order chi connectivity index (χ1) is 15.3. The molecule has 0 saturated carbocycles. The van der Waals surface area contributed by atoms with Gasteiger partial charge in [-0.25, -0.2) is 18.1 Å². The first kappa shape index (κ1) is 23.6. The van der Waals surface area contributed by atoms with E-state index in [1.807, 2.05) is 35.2 Å². The van der Waals surface area contributed by atoms with Crippen molar-refractivity contribution < 1.29 is 22.6 Å².